The molecule has 0 fully saturated rings. The van der Waals surface area contributed by atoms with Gasteiger partial charge < -0.3 is 9.47 Å². The van der Waals surface area contributed by atoms with Crippen LogP contribution in [0.25, 0.3) is 0 Å². The molecule has 0 saturated heterocycles. The molecule has 0 bridgehead atoms. The van der Waals surface area contributed by atoms with Crippen LogP contribution in [0.2, 0.25) is 0 Å². The first-order valence-electron chi connectivity index (χ1n) is 2.31. The fraction of sp³-hybridized carbons (Fsp3) is 0.200. The summed E-state index contributed by atoms with van der Waals surface area (Å²) in [6, 6.07) is 0. The van der Waals surface area contributed by atoms with Crippen molar-refractivity contribution in [1.29, 1.82) is 0 Å². The summed E-state index contributed by atoms with van der Waals surface area (Å²) < 4.78 is 8.11. The molecule has 0 radical (unpaired) electrons. The Balaban J connectivity index is 3.43. The molecule has 5 heteroatoms. The third-order valence-electron chi connectivity index (χ3n) is 0.483. The zero-order valence-corrected chi connectivity index (χ0v) is 6.57. The van der Waals surface area contributed by atoms with Crippen molar-refractivity contribution in [2.45, 2.75) is 0 Å². The van der Waals surface area contributed by atoms with Crippen molar-refractivity contribution in [1.82, 2.24) is 0 Å². The van der Waals surface area contributed by atoms with Crippen molar-refractivity contribution in [2.24, 2.45) is 0 Å². The molecule has 0 aliphatic carbocycles. The van der Waals surface area contributed by atoms with E-state index < -0.39 is 6.16 Å². The number of carbonyl (C=O) groups is 1. The minimum Gasteiger partial charge on any atom is -0.430 e. The van der Waals surface area contributed by atoms with E-state index >= 15 is 0 Å². The molecule has 0 rings (SSSR count). The van der Waals surface area contributed by atoms with Crippen molar-refractivity contribution in [2.75, 3.05) is 6.61 Å². The first-order chi connectivity index (χ1) is 4.66. The van der Waals surface area contributed by atoms with Crippen molar-refractivity contribution in [3.63, 3.8) is 0 Å². The maximum Gasteiger partial charge on any atom is 0.515 e. The fourth-order valence-electron chi connectivity index (χ4n) is 0.222. The summed E-state index contributed by atoms with van der Waals surface area (Å²) >= 11 is 9.27. The molecule has 0 aromatic heterocycles. The van der Waals surface area contributed by atoms with E-state index in [0.29, 0.717) is 0 Å². The van der Waals surface area contributed by atoms with Crippen molar-refractivity contribution >= 4 is 34.5 Å². The largest absolute Gasteiger partial charge is 0.515 e. The van der Waals surface area contributed by atoms with Gasteiger partial charge in [-0.3, -0.25) is 0 Å². The number of halogens is 1. The van der Waals surface area contributed by atoms with E-state index in [1.165, 1.54) is 6.08 Å². The van der Waals surface area contributed by atoms with Crippen LogP contribution in [0.4, 0.5) is 4.79 Å². The van der Waals surface area contributed by atoms with Crippen LogP contribution in [0.3, 0.4) is 0 Å². The lowest BCUT2D eigenvalue weighted by molar-refractivity contribution is 0.108. The van der Waals surface area contributed by atoms with Crippen LogP contribution < -0.4 is 0 Å². The monoisotopic (exact) mass is 180 g/mol. The molecule has 0 saturated carbocycles. The predicted octanol–water partition coefficient (Wildman–Crippen LogP) is 1.85. The van der Waals surface area contributed by atoms with Gasteiger partial charge in [0.2, 0.25) is 0 Å². The van der Waals surface area contributed by atoms with Crippen molar-refractivity contribution in [3.05, 3.63) is 12.7 Å². The van der Waals surface area contributed by atoms with Crippen LogP contribution in [0.15, 0.2) is 12.7 Å². The van der Waals surface area contributed by atoms with Gasteiger partial charge in [0.05, 0.1) is 0 Å². The summed E-state index contributed by atoms with van der Waals surface area (Å²) in [6.45, 7) is 3.39. The Morgan fingerprint density at radius 1 is 1.80 bits per heavy atom. The SMILES string of the molecule is C=CCOC(=O)OC(=S)Cl. The minimum atomic E-state index is -0.917. The first-order valence-corrected chi connectivity index (χ1v) is 3.10. The van der Waals surface area contributed by atoms with Gasteiger partial charge in [0.25, 0.3) is 4.51 Å². The summed E-state index contributed by atoms with van der Waals surface area (Å²) in [6.07, 6.45) is 0.485. The number of hydrogen-bond acceptors (Lipinski definition) is 4. The van der Waals surface area contributed by atoms with Crippen LogP contribution in [0.5, 0.6) is 0 Å². The molecule has 0 aromatic carbocycles. The first kappa shape index (κ1) is 9.39. The molecule has 0 heterocycles. The van der Waals surface area contributed by atoms with Gasteiger partial charge in [-0.25, -0.2) is 4.79 Å². The predicted molar refractivity (Wildman–Crippen MR) is 41.1 cm³/mol. The molecule has 0 spiro atoms. The number of hydrogen-bond donors (Lipinski definition) is 0. The van der Waals surface area contributed by atoms with E-state index in [-0.39, 0.29) is 11.1 Å². The van der Waals surface area contributed by atoms with Crippen LogP contribution in [-0.2, 0) is 9.47 Å². The quantitative estimate of drug-likeness (QED) is 0.281. The Hall–Kier alpha value is -0.610. The summed E-state index contributed by atoms with van der Waals surface area (Å²) in [4.78, 5) is 10.3. The lowest BCUT2D eigenvalue weighted by Crippen LogP contribution is -2.08. The Bertz CT molecular complexity index is 157. The summed E-state index contributed by atoms with van der Waals surface area (Å²) in [5.41, 5.74) is 0. The van der Waals surface area contributed by atoms with Gasteiger partial charge in [-0.2, -0.15) is 0 Å². The van der Waals surface area contributed by atoms with Crippen LogP contribution in [0.1, 0.15) is 0 Å². The van der Waals surface area contributed by atoms with Crippen LogP contribution in [-0.4, -0.2) is 17.3 Å². The van der Waals surface area contributed by atoms with Gasteiger partial charge >= 0.3 is 6.16 Å². The highest BCUT2D eigenvalue weighted by molar-refractivity contribution is 7.82. The molecule has 10 heavy (non-hydrogen) atoms. The molecule has 0 unspecified atom stereocenters. The van der Waals surface area contributed by atoms with E-state index in [1.807, 2.05) is 0 Å². The molecule has 0 atom stereocenters. The summed E-state index contributed by atoms with van der Waals surface area (Å²) in [5, 5.41) is 0. The van der Waals surface area contributed by atoms with Crippen molar-refractivity contribution < 1.29 is 14.3 Å². The van der Waals surface area contributed by atoms with Gasteiger partial charge in [0.15, 0.2) is 0 Å². The van der Waals surface area contributed by atoms with Gasteiger partial charge in [-0.1, -0.05) is 12.7 Å². The third kappa shape index (κ3) is 5.53. The van der Waals surface area contributed by atoms with Crippen LogP contribution >= 0.6 is 23.8 Å². The zero-order valence-electron chi connectivity index (χ0n) is 5.00. The van der Waals surface area contributed by atoms with Crippen molar-refractivity contribution in [3.8, 4) is 0 Å². The molecule has 0 N–H and O–H groups in total. The number of carbonyl (C=O) groups excluding carboxylic acids is 1. The molecule has 0 aromatic rings. The number of rotatable bonds is 2. The smallest absolute Gasteiger partial charge is 0.430 e. The van der Waals surface area contributed by atoms with E-state index in [0.717, 1.165) is 0 Å². The van der Waals surface area contributed by atoms with E-state index in [9.17, 15) is 4.79 Å². The van der Waals surface area contributed by atoms with Gasteiger partial charge in [-0.05, 0) is 23.8 Å². The molecule has 56 valence electrons. The summed E-state index contributed by atoms with van der Waals surface area (Å²) in [5.74, 6) is 0. The van der Waals surface area contributed by atoms with Gasteiger partial charge in [0.1, 0.15) is 6.61 Å². The van der Waals surface area contributed by atoms with Gasteiger partial charge in [-0.15, -0.1) is 0 Å². The van der Waals surface area contributed by atoms with E-state index in [4.69, 9.17) is 11.6 Å². The maximum atomic E-state index is 10.3. The third-order valence-corrected chi connectivity index (χ3v) is 0.643. The average molecular weight is 181 g/mol. The lowest BCUT2D eigenvalue weighted by Gasteiger charge is -1.98. The number of ether oxygens (including phenoxy) is 2. The molecule has 0 aliphatic heterocycles. The molecule has 3 nitrogen and oxygen atoms in total. The second kappa shape index (κ2) is 5.20. The molecule has 0 amide bonds. The Kier molecular flexibility index (Phi) is 4.88. The van der Waals surface area contributed by atoms with E-state index in [1.54, 1.807) is 0 Å². The Morgan fingerprint density at radius 2 is 2.40 bits per heavy atom. The molecular weight excluding hydrogens is 176 g/mol. The average Bonchev–Trinajstić information content (AvgIpc) is 1.82. The topological polar surface area (TPSA) is 35.5 Å². The Morgan fingerprint density at radius 3 is 2.80 bits per heavy atom. The fourth-order valence-corrected chi connectivity index (χ4v) is 0.353. The highest BCUT2D eigenvalue weighted by atomic mass is 35.5. The zero-order chi connectivity index (χ0) is 7.98. The van der Waals surface area contributed by atoms with Crippen LogP contribution in [0, 0.1) is 0 Å². The second-order valence-corrected chi connectivity index (χ2v) is 2.13. The van der Waals surface area contributed by atoms with Gasteiger partial charge in [0, 0.05) is 0 Å². The van der Waals surface area contributed by atoms with E-state index in [2.05, 4.69) is 28.3 Å². The Labute approximate surface area is 68.6 Å². The second-order valence-electron chi connectivity index (χ2n) is 1.19. The maximum absolute atomic E-state index is 10.3. The highest BCUT2D eigenvalue weighted by Crippen LogP contribution is 1.91. The lowest BCUT2D eigenvalue weighted by atomic mass is 10.7. The normalized spacial score (nSPS) is 8.10. The number of thiocarbonyl (C=S) groups is 1. The highest BCUT2D eigenvalue weighted by Gasteiger charge is 2.03. The molecular formula is C5H5ClO3S. The summed E-state index contributed by atoms with van der Waals surface area (Å²) in [7, 11) is 0. The standard InChI is InChI=1S/C5H5ClO3S/c1-2-3-8-5(7)9-4(6)10/h2H,1,3H2. The minimum absolute atomic E-state index is 0.0817. The molecule has 0 aliphatic rings.